The fourth-order valence-electron chi connectivity index (χ4n) is 1.60. The van der Waals surface area contributed by atoms with Gasteiger partial charge in [-0.2, -0.15) is 0 Å². The van der Waals surface area contributed by atoms with Crippen molar-refractivity contribution in [1.82, 2.24) is 4.90 Å². The quantitative estimate of drug-likeness (QED) is 0.674. The monoisotopic (exact) mass is 299 g/mol. The van der Waals surface area contributed by atoms with Gasteiger partial charge in [-0.3, -0.25) is 0 Å². The van der Waals surface area contributed by atoms with Crippen LogP contribution in [-0.4, -0.2) is 31.6 Å². The molecule has 0 aliphatic heterocycles. The summed E-state index contributed by atoms with van der Waals surface area (Å²) in [7, 11) is 2.18. The summed E-state index contributed by atoms with van der Waals surface area (Å²) in [5.41, 5.74) is 0. The minimum Gasteiger partial charge on any atom is -0.494 e. The number of ether oxygens (including phenoxy) is 1. The topological polar surface area (TPSA) is 12.5 Å². The maximum Gasteiger partial charge on any atom is 0.119 e. The smallest absolute Gasteiger partial charge is 0.119 e. The molecule has 0 fully saturated rings. The molecule has 0 saturated heterocycles. The maximum absolute atomic E-state index is 5.67. The minimum absolute atomic E-state index is 0.790. The number of nitrogens with zero attached hydrogens (tertiary/aromatic N) is 1. The summed E-state index contributed by atoms with van der Waals surface area (Å²) >= 11 is 3.41. The summed E-state index contributed by atoms with van der Waals surface area (Å²) in [4.78, 5) is 2.37. The summed E-state index contributed by atoms with van der Waals surface area (Å²) in [6, 6.07) is 7.99. The van der Waals surface area contributed by atoms with E-state index < -0.39 is 0 Å². The van der Waals surface area contributed by atoms with Crippen molar-refractivity contribution in [2.75, 3.05) is 26.7 Å². The average molecular weight is 300 g/mol. The van der Waals surface area contributed by atoms with Gasteiger partial charge in [0.1, 0.15) is 5.75 Å². The van der Waals surface area contributed by atoms with E-state index in [0.29, 0.717) is 0 Å². The molecule has 0 heterocycles. The van der Waals surface area contributed by atoms with Crippen molar-refractivity contribution in [3.05, 3.63) is 28.7 Å². The van der Waals surface area contributed by atoms with Crippen molar-refractivity contribution in [1.29, 1.82) is 0 Å². The molecule has 0 atom stereocenters. The first-order valence-corrected chi connectivity index (χ1v) is 7.08. The van der Waals surface area contributed by atoms with E-state index in [1.807, 2.05) is 24.3 Å². The Labute approximate surface area is 113 Å². The van der Waals surface area contributed by atoms with Gasteiger partial charge in [-0.25, -0.2) is 0 Å². The van der Waals surface area contributed by atoms with E-state index in [2.05, 4.69) is 34.8 Å². The van der Waals surface area contributed by atoms with Gasteiger partial charge < -0.3 is 9.64 Å². The Balaban J connectivity index is 2.09. The van der Waals surface area contributed by atoms with Crippen molar-refractivity contribution >= 4 is 15.9 Å². The van der Waals surface area contributed by atoms with E-state index in [1.54, 1.807) is 0 Å². The molecule has 0 N–H and O–H groups in total. The molecule has 0 spiro atoms. The fraction of sp³-hybridized carbons (Fsp3) is 0.571. The SMILES string of the molecule is CCCCN(C)CCCOc1ccc(Br)cc1. The van der Waals surface area contributed by atoms with Crippen molar-refractivity contribution in [3.63, 3.8) is 0 Å². The molecule has 3 heteroatoms. The van der Waals surface area contributed by atoms with Gasteiger partial charge >= 0.3 is 0 Å². The van der Waals surface area contributed by atoms with Gasteiger partial charge in [0, 0.05) is 11.0 Å². The number of benzene rings is 1. The van der Waals surface area contributed by atoms with Gasteiger partial charge in [0.15, 0.2) is 0 Å². The molecular formula is C14H22BrNO. The molecule has 2 nitrogen and oxygen atoms in total. The van der Waals surface area contributed by atoms with Crippen LogP contribution in [0, 0.1) is 0 Å². The van der Waals surface area contributed by atoms with Crippen molar-refractivity contribution in [2.24, 2.45) is 0 Å². The highest BCUT2D eigenvalue weighted by Crippen LogP contribution is 2.16. The van der Waals surface area contributed by atoms with Gasteiger partial charge in [-0.1, -0.05) is 29.3 Å². The van der Waals surface area contributed by atoms with Crippen LogP contribution < -0.4 is 4.74 Å². The summed E-state index contributed by atoms with van der Waals surface area (Å²) < 4.78 is 6.76. The van der Waals surface area contributed by atoms with Crippen LogP contribution in [0.1, 0.15) is 26.2 Å². The molecular weight excluding hydrogens is 278 g/mol. The lowest BCUT2D eigenvalue weighted by atomic mass is 10.3. The second-order valence-electron chi connectivity index (χ2n) is 4.31. The second kappa shape index (κ2) is 8.54. The average Bonchev–Trinajstić information content (AvgIpc) is 2.34. The minimum atomic E-state index is 0.790. The van der Waals surface area contributed by atoms with Crippen molar-refractivity contribution in [3.8, 4) is 5.75 Å². The summed E-state index contributed by atoms with van der Waals surface area (Å²) in [5.74, 6) is 0.949. The maximum atomic E-state index is 5.67. The third-order valence-corrected chi connectivity index (χ3v) is 3.19. The Morgan fingerprint density at radius 1 is 1.12 bits per heavy atom. The molecule has 0 radical (unpaired) electrons. The van der Waals surface area contributed by atoms with E-state index >= 15 is 0 Å². The van der Waals surface area contributed by atoms with Gasteiger partial charge in [0.2, 0.25) is 0 Å². The number of hydrogen-bond acceptors (Lipinski definition) is 2. The molecule has 1 rings (SSSR count). The molecule has 17 heavy (non-hydrogen) atoms. The zero-order chi connectivity index (χ0) is 12.5. The summed E-state index contributed by atoms with van der Waals surface area (Å²) in [5, 5.41) is 0. The Kier molecular flexibility index (Phi) is 7.29. The molecule has 0 amide bonds. The fourth-order valence-corrected chi connectivity index (χ4v) is 1.86. The lowest BCUT2D eigenvalue weighted by Gasteiger charge is -2.16. The van der Waals surface area contributed by atoms with Crippen LogP contribution in [0.4, 0.5) is 0 Å². The Bertz CT molecular complexity index is 300. The Hall–Kier alpha value is -0.540. The third kappa shape index (κ3) is 6.69. The van der Waals surface area contributed by atoms with Crippen LogP contribution in [0.5, 0.6) is 5.75 Å². The highest BCUT2D eigenvalue weighted by Gasteiger charge is 1.98. The lowest BCUT2D eigenvalue weighted by molar-refractivity contribution is 0.261. The highest BCUT2D eigenvalue weighted by atomic mass is 79.9. The van der Waals surface area contributed by atoms with Crippen LogP contribution in [0.3, 0.4) is 0 Å². The first kappa shape index (κ1) is 14.5. The standard InChI is InChI=1S/C14H22BrNO/c1-3-4-10-16(2)11-5-12-17-14-8-6-13(15)7-9-14/h6-9H,3-5,10-12H2,1-2H3. The molecule has 0 saturated carbocycles. The zero-order valence-corrected chi connectivity index (χ0v) is 12.4. The van der Waals surface area contributed by atoms with Gasteiger partial charge in [-0.05, 0) is 50.7 Å². The molecule has 96 valence electrons. The number of hydrogen-bond donors (Lipinski definition) is 0. The molecule has 1 aromatic rings. The Morgan fingerprint density at radius 3 is 2.41 bits per heavy atom. The van der Waals surface area contributed by atoms with E-state index in [9.17, 15) is 0 Å². The Morgan fingerprint density at radius 2 is 1.76 bits per heavy atom. The van der Waals surface area contributed by atoms with Crippen LogP contribution in [0.2, 0.25) is 0 Å². The highest BCUT2D eigenvalue weighted by molar-refractivity contribution is 9.10. The van der Waals surface area contributed by atoms with Crippen LogP contribution in [0.15, 0.2) is 28.7 Å². The number of halogens is 1. The summed E-state index contributed by atoms with van der Waals surface area (Å²) in [6.45, 7) is 5.31. The predicted molar refractivity (Wildman–Crippen MR) is 76.7 cm³/mol. The van der Waals surface area contributed by atoms with Gasteiger partial charge in [0.05, 0.1) is 6.61 Å². The second-order valence-corrected chi connectivity index (χ2v) is 5.23. The van der Waals surface area contributed by atoms with Gasteiger partial charge in [-0.15, -0.1) is 0 Å². The zero-order valence-electron chi connectivity index (χ0n) is 10.8. The van der Waals surface area contributed by atoms with Crippen LogP contribution in [-0.2, 0) is 0 Å². The number of unbranched alkanes of at least 4 members (excludes halogenated alkanes) is 1. The molecule has 0 aromatic heterocycles. The van der Waals surface area contributed by atoms with E-state index in [0.717, 1.165) is 29.8 Å². The summed E-state index contributed by atoms with van der Waals surface area (Å²) in [6.07, 6.45) is 3.63. The van der Waals surface area contributed by atoms with Crippen molar-refractivity contribution < 1.29 is 4.74 Å². The molecule has 0 unspecified atom stereocenters. The molecule has 0 aliphatic rings. The van der Waals surface area contributed by atoms with E-state index in [1.165, 1.54) is 19.4 Å². The first-order chi connectivity index (χ1) is 8.22. The van der Waals surface area contributed by atoms with Crippen molar-refractivity contribution in [2.45, 2.75) is 26.2 Å². The number of rotatable bonds is 8. The van der Waals surface area contributed by atoms with E-state index in [-0.39, 0.29) is 0 Å². The van der Waals surface area contributed by atoms with E-state index in [4.69, 9.17) is 4.74 Å². The molecule has 1 aromatic carbocycles. The van der Waals surface area contributed by atoms with Crippen LogP contribution >= 0.6 is 15.9 Å². The normalized spacial score (nSPS) is 10.8. The lowest BCUT2D eigenvalue weighted by Crippen LogP contribution is -2.22. The molecule has 0 aliphatic carbocycles. The van der Waals surface area contributed by atoms with Gasteiger partial charge in [0.25, 0.3) is 0 Å². The molecule has 0 bridgehead atoms. The third-order valence-electron chi connectivity index (χ3n) is 2.66. The predicted octanol–water partition coefficient (Wildman–Crippen LogP) is 3.95. The first-order valence-electron chi connectivity index (χ1n) is 6.29. The largest absolute Gasteiger partial charge is 0.494 e. The van der Waals surface area contributed by atoms with Crippen LogP contribution in [0.25, 0.3) is 0 Å².